The van der Waals surface area contributed by atoms with Crippen molar-refractivity contribution in [2.75, 3.05) is 11.1 Å². The van der Waals surface area contributed by atoms with Gasteiger partial charge in [0.15, 0.2) is 0 Å². The lowest BCUT2D eigenvalue weighted by molar-refractivity contribution is -0.115. The molecule has 3 aromatic rings. The van der Waals surface area contributed by atoms with Gasteiger partial charge in [-0.3, -0.25) is 9.36 Å². The van der Waals surface area contributed by atoms with E-state index in [1.54, 1.807) is 41.8 Å². The fourth-order valence-corrected chi connectivity index (χ4v) is 4.87. The summed E-state index contributed by atoms with van der Waals surface area (Å²) >= 11 is 3.44. The van der Waals surface area contributed by atoms with Gasteiger partial charge in [0.25, 0.3) is 0 Å². The van der Waals surface area contributed by atoms with Gasteiger partial charge in [0.1, 0.15) is 17.4 Å². The summed E-state index contributed by atoms with van der Waals surface area (Å²) in [6.45, 7) is 0. The number of aryl methyl sites for hydroxylation is 1. The maximum absolute atomic E-state index is 12.6. The molecular formula is C16H14N4OS2. The maximum atomic E-state index is 12.6. The van der Waals surface area contributed by atoms with Crippen molar-refractivity contribution in [2.45, 2.75) is 11.7 Å². The monoisotopic (exact) mass is 342 g/mol. The molecule has 1 unspecified atom stereocenters. The average molecular weight is 342 g/mol. The van der Waals surface area contributed by atoms with E-state index in [0.29, 0.717) is 5.69 Å². The lowest BCUT2D eigenvalue weighted by atomic mass is 10.1. The van der Waals surface area contributed by atoms with Crippen molar-refractivity contribution < 1.29 is 4.79 Å². The standard InChI is InChI=1S/C16H14N4OS2/c21-16(15-12-3-7-22-13(12)4-8-23-15)19-11-1-2-14(18-9-11)20-6-5-17-10-20/h1-3,5-7,9-10,15H,4,8H2,(H,19,21). The van der Waals surface area contributed by atoms with Crippen LogP contribution >= 0.6 is 23.1 Å². The minimum Gasteiger partial charge on any atom is -0.323 e. The van der Waals surface area contributed by atoms with Crippen molar-refractivity contribution in [3.05, 3.63) is 58.9 Å². The number of amides is 1. The highest BCUT2D eigenvalue weighted by Gasteiger charge is 2.28. The lowest BCUT2D eigenvalue weighted by Crippen LogP contribution is -2.22. The number of rotatable bonds is 3. The molecule has 1 atom stereocenters. The molecule has 0 radical (unpaired) electrons. The summed E-state index contributed by atoms with van der Waals surface area (Å²) in [5, 5.41) is 4.91. The van der Waals surface area contributed by atoms with Gasteiger partial charge in [-0.25, -0.2) is 9.97 Å². The zero-order chi connectivity index (χ0) is 15.6. The molecule has 0 fully saturated rings. The summed E-state index contributed by atoms with van der Waals surface area (Å²) in [6, 6.07) is 5.79. The van der Waals surface area contributed by atoms with Crippen LogP contribution in [0.3, 0.4) is 0 Å². The number of nitrogens with zero attached hydrogens (tertiary/aromatic N) is 3. The van der Waals surface area contributed by atoms with Crippen LogP contribution in [-0.4, -0.2) is 26.2 Å². The van der Waals surface area contributed by atoms with Crippen molar-refractivity contribution in [3.8, 4) is 5.82 Å². The second-order valence-electron chi connectivity index (χ2n) is 5.16. The van der Waals surface area contributed by atoms with Gasteiger partial charge in [-0.15, -0.1) is 23.1 Å². The van der Waals surface area contributed by atoms with E-state index in [4.69, 9.17) is 0 Å². The zero-order valence-corrected chi connectivity index (χ0v) is 13.8. The van der Waals surface area contributed by atoms with E-state index in [1.807, 2.05) is 22.9 Å². The third-order valence-corrected chi connectivity index (χ3v) is 5.94. The van der Waals surface area contributed by atoms with Crippen molar-refractivity contribution in [3.63, 3.8) is 0 Å². The van der Waals surface area contributed by atoms with Crippen molar-refractivity contribution in [1.82, 2.24) is 14.5 Å². The van der Waals surface area contributed by atoms with Gasteiger partial charge in [-0.1, -0.05) is 0 Å². The number of thiophene rings is 1. The van der Waals surface area contributed by atoms with Crippen LogP contribution in [0.4, 0.5) is 5.69 Å². The quantitative estimate of drug-likeness (QED) is 0.793. The highest BCUT2D eigenvalue weighted by atomic mass is 32.2. The molecule has 0 spiro atoms. The summed E-state index contributed by atoms with van der Waals surface area (Å²) in [4.78, 5) is 22.3. The first kappa shape index (κ1) is 14.5. The van der Waals surface area contributed by atoms with E-state index in [1.165, 1.54) is 4.88 Å². The number of nitrogens with one attached hydrogen (secondary N) is 1. The molecule has 0 bridgehead atoms. The number of thioether (sulfide) groups is 1. The van der Waals surface area contributed by atoms with Gasteiger partial charge in [-0.05, 0) is 41.3 Å². The van der Waals surface area contributed by atoms with Crippen molar-refractivity contribution in [2.24, 2.45) is 0 Å². The molecule has 7 heteroatoms. The highest BCUT2D eigenvalue weighted by molar-refractivity contribution is 8.00. The molecule has 4 heterocycles. The number of hydrogen-bond acceptors (Lipinski definition) is 5. The van der Waals surface area contributed by atoms with Crippen LogP contribution in [0.1, 0.15) is 15.7 Å². The van der Waals surface area contributed by atoms with Gasteiger partial charge in [0.2, 0.25) is 5.91 Å². The van der Waals surface area contributed by atoms with Crippen molar-refractivity contribution in [1.29, 1.82) is 0 Å². The number of imidazole rings is 1. The molecule has 4 rings (SSSR count). The van der Waals surface area contributed by atoms with Crippen LogP contribution in [0.25, 0.3) is 5.82 Å². The normalized spacial score (nSPS) is 16.8. The smallest absolute Gasteiger partial charge is 0.242 e. The topological polar surface area (TPSA) is 59.8 Å². The Morgan fingerprint density at radius 1 is 1.35 bits per heavy atom. The molecule has 0 aromatic carbocycles. The van der Waals surface area contributed by atoms with Gasteiger partial charge in [0.05, 0.1) is 11.9 Å². The van der Waals surface area contributed by atoms with Crippen LogP contribution in [0, 0.1) is 0 Å². The summed E-state index contributed by atoms with van der Waals surface area (Å²) < 4.78 is 1.82. The number of pyridine rings is 1. The predicted octanol–water partition coefficient (Wildman–Crippen LogP) is 3.30. The maximum Gasteiger partial charge on any atom is 0.242 e. The Hall–Kier alpha value is -2.12. The Labute approximate surface area is 141 Å². The first-order chi connectivity index (χ1) is 11.3. The predicted molar refractivity (Wildman–Crippen MR) is 93.2 cm³/mol. The zero-order valence-electron chi connectivity index (χ0n) is 12.2. The van der Waals surface area contributed by atoms with Gasteiger partial charge < -0.3 is 5.32 Å². The minimum absolute atomic E-state index is 0.0199. The second-order valence-corrected chi connectivity index (χ2v) is 7.38. The Morgan fingerprint density at radius 3 is 3.09 bits per heavy atom. The number of aromatic nitrogens is 3. The third-order valence-electron chi connectivity index (χ3n) is 3.70. The highest BCUT2D eigenvalue weighted by Crippen LogP contribution is 2.39. The number of anilines is 1. The second kappa shape index (κ2) is 6.17. The van der Waals surface area contributed by atoms with E-state index >= 15 is 0 Å². The molecule has 23 heavy (non-hydrogen) atoms. The fourth-order valence-electron chi connectivity index (χ4n) is 2.58. The first-order valence-corrected chi connectivity index (χ1v) is 9.17. The van der Waals surface area contributed by atoms with Gasteiger partial charge in [0, 0.05) is 17.3 Å². The van der Waals surface area contributed by atoms with Crippen LogP contribution in [0.5, 0.6) is 0 Å². The number of fused-ring (bicyclic) bond motifs is 1. The summed E-state index contributed by atoms with van der Waals surface area (Å²) in [5.74, 6) is 1.78. The summed E-state index contributed by atoms with van der Waals surface area (Å²) in [5.41, 5.74) is 1.87. The summed E-state index contributed by atoms with van der Waals surface area (Å²) in [6.07, 6.45) is 7.96. The van der Waals surface area contributed by atoms with Crippen molar-refractivity contribution >= 4 is 34.7 Å². The summed E-state index contributed by atoms with van der Waals surface area (Å²) in [7, 11) is 0. The molecule has 0 aliphatic carbocycles. The molecule has 1 amide bonds. The van der Waals surface area contributed by atoms with E-state index in [2.05, 4.69) is 26.7 Å². The molecular weight excluding hydrogens is 328 g/mol. The Kier molecular flexibility index (Phi) is 3.88. The van der Waals surface area contributed by atoms with Crippen LogP contribution < -0.4 is 5.32 Å². The molecule has 0 saturated carbocycles. The van der Waals surface area contributed by atoms with Crippen LogP contribution in [-0.2, 0) is 11.2 Å². The van der Waals surface area contributed by atoms with Gasteiger partial charge >= 0.3 is 0 Å². The molecule has 1 aliphatic rings. The van der Waals surface area contributed by atoms with E-state index in [0.717, 1.165) is 23.6 Å². The number of carbonyl (C=O) groups excluding carboxylic acids is 1. The average Bonchev–Trinajstić information content (AvgIpc) is 3.26. The molecule has 1 aliphatic heterocycles. The fraction of sp³-hybridized carbons (Fsp3) is 0.188. The molecule has 1 N–H and O–H groups in total. The number of hydrogen-bond donors (Lipinski definition) is 1. The van der Waals surface area contributed by atoms with E-state index in [9.17, 15) is 4.79 Å². The number of carbonyl (C=O) groups is 1. The largest absolute Gasteiger partial charge is 0.323 e. The lowest BCUT2D eigenvalue weighted by Gasteiger charge is -2.21. The Morgan fingerprint density at radius 2 is 2.30 bits per heavy atom. The van der Waals surface area contributed by atoms with E-state index in [-0.39, 0.29) is 11.2 Å². The Bertz CT molecular complexity index is 811. The van der Waals surface area contributed by atoms with E-state index < -0.39 is 0 Å². The van der Waals surface area contributed by atoms with Gasteiger partial charge in [-0.2, -0.15) is 0 Å². The first-order valence-electron chi connectivity index (χ1n) is 7.24. The minimum atomic E-state index is -0.127. The molecule has 116 valence electrons. The SMILES string of the molecule is O=C(Nc1ccc(-n2ccnc2)nc1)C1SCCc2sccc21. The van der Waals surface area contributed by atoms with Crippen LogP contribution in [0.15, 0.2) is 48.5 Å². The Balaban J connectivity index is 1.49. The molecule has 3 aromatic heterocycles. The molecule has 0 saturated heterocycles. The van der Waals surface area contributed by atoms with Crippen LogP contribution in [0.2, 0.25) is 0 Å². The third kappa shape index (κ3) is 2.89. The molecule has 5 nitrogen and oxygen atoms in total.